The molecule has 0 fully saturated rings. The predicted octanol–water partition coefficient (Wildman–Crippen LogP) is 1.06. The van der Waals surface area contributed by atoms with Gasteiger partial charge in [0.1, 0.15) is 0 Å². The molecule has 0 saturated carbocycles. The average molecular weight is 185 g/mol. The third-order valence-corrected chi connectivity index (χ3v) is 1.55. The summed E-state index contributed by atoms with van der Waals surface area (Å²) >= 11 is 0. The van der Waals surface area contributed by atoms with Gasteiger partial charge in [0, 0.05) is 11.8 Å². The maximum atomic E-state index is 12.3. The maximum Gasteiger partial charge on any atom is 0.335 e. The molecule has 0 amide bonds. The molecule has 13 heavy (non-hydrogen) atoms. The van der Waals surface area contributed by atoms with Gasteiger partial charge in [-0.2, -0.15) is 18.6 Å². The molecule has 2 aromatic heterocycles. The molecule has 2 rings (SSSR count). The van der Waals surface area contributed by atoms with Gasteiger partial charge in [-0.25, -0.2) is 0 Å². The molecule has 68 valence electrons. The van der Waals surface area contributed by atoms with Crippen molar-refractivity contribution in [3.05, 3.63) is 18.6 Å². The van der Waals surface area contributed by atoms with Crippen molar-refractivity contribution >= 4 is 0 Å². The second-order valence-electron chi connectivity index (χ2n) is 2.33. The number of alkyl halides is 2. The summed E-state index contributed by atoms with van der Waals surface area (Å²) in [5.74, 6) is 0. The molecule has 0 bridgehead atoms. The Labute approximate surface area is 71.4 Å². The summed E-state index contributed by atoms with van der Waals surface area (Å²) in [6.07, 6.45) is 4.19. The van der Waals surface area contributed by atoms with Crippen LogP contribution in [0.5, 0.6) is 0 Å². The predicted molar refractivity (Wildman–Crippen MR) is 38.9 cm³/mol. The van der Waals surface area contributed by atoms with E-state index in [1.165, 1.54) is 18.6 Å². The minimum Gasteiger partial charge on any atom is -0.285 e. The number of nitrogens with zero attached hydrogens (tertiary/aromatic N) is 4. The molecule has 5 nitrogen and oxygen atoms in total. The van der Waals surface area contributed by atoms with Crippen LogP contribution in [0.2, 0.25) is 0 Å². The van der Waals surface area contributed by atoms with Crippen molar-refractivity contribution < 1.29 is 8.78 Å². The highest BCUT2D eigenvalue weighted by atomic mass is 19.3. The van der Waals surface area contributed by atoms with E-state index in [1.54, 1.807) is 0 Å². The topological polar surface area (TPSA) is 59.4 Å². The van der Waals surface area contributed by atoms with Crippen LogP contribution >= 0.6 is 0 Å². The number of hydrogen-bond donors (Lipinski definition) is 1. The lowest BCUT2D eigenvalue weighted by Gasteiger charge is -2.00. The molecule has 7 heteroatoms. The highest BCUT2D eigenvalue weighted by molar-refractivity contribution is 5.55. The van der Waals surface area contributed by atoms with Crippen molar-refractivity contribution in [3.63, 3.8) is 0 Å². The van der Waals surface area contributed by atoms with E-state index in [4.69, 9.17) is 0 Å². The summed E-state index contributed by atoms with van der Waals surface area (Å²) in [5.41, 5.74) is 0.772. The summed E-state index contributed by atoms with van der Waals surface area (Å²) < 4.78 is 25.1. The fourth-order valence-corrected chi connectivity index (χ4v) is 0.985. The van der Waals surface area contributed by atoms with Crippen LogP contribution in [0.3, 0.4) is 0 Å². The van der Waals surface area contributed by atoms with Gasteiger partial charge in [-0.1, -0.05) is 5.21 Å². The first-order valence-corrected chi connectivity index (χ1v) is 3.46. The van der Waals surface area contributed by atoms with Gasteiger partial charge in [0.15, 0.2) is 0 Å². The molecule has 0 unspecified atom stereocenters. The Kier molecular flexibility index (Phi) is 1.76. The molecule has 0 radical (unpaired) electrons. The molecular formula is C6H5F2N5. The van der Waals surface area contributed by atoms with E-state index in [9.17, 15) is 8.78 Å². The lowest BCUT2D eigenvalue weighted by molar-refractivity contribution is 0.0565. The van der Waals surface area contributed by atoms with Crippen molar-refractivity contribution in [2.24, 2.45) is 0 Å². The van der Waals surface area contributed by atoms with Crippen molar-refractivity contribution in [3.8, 4) is 11.3 Å². The van der Waals surface area contributed by atoms with E-state index in [-0.39, 0.29) is 5.69 Å². The molecule has 1 N–H and O–H groups in total. The molecule has 0 aliphatic carbocycles. The zero-order chi connectivity index (χ0) is 9.26. The number of hydrogen-bond acceptors (Lipinski definition) is 3. The van der Waals surface area contributed by atoms with Crippen LogP contribution < -0.4 is 0 Å². The summed E-state index contributed by atoms with van der Waals surface area (Å²) in [4.78, 5) is 0. The zero-order valence-electron chi connectivity index (χ0n) is 6.35. The first kappa shape index (κ1) is 7.84. The number of H-pyrrole nitrogens is 1. The molecular weight excluding hydrogens is 180 g/mol. The molecule has 0 saturated heterocycles. The zero-order valence-corrected chi connectivity index (χ0v) is 6.35. The minimum atomic E-state index is -2.69. The van der Waals surface area contributed by atoms with Crippen LogP contribution in [-0.4, -0.2) is 25.2 Å². The Morgan fingerprint density at radius 1 is 1.38 bits per heavy atom. The first-order valence-electron chi connectivity index (χ1n) is 3.46. The van der Waals surface area contributed by atoms with Gasteiger partial charge < -0.3 is 0 Å². The Balaban J connectivity index is 2.46. The van der Waals surface area contributed by atoms with Crippen LogP contribution in [0.15, 0.2) is 18.6 Å². The van der Waals surface area contributed by atoms with Crippen LogP contribution in [-0.2, 0) is 0 Å². The molecule has 0 spiro atoms. The summed E-state index contributed by atoms with van der Waals surface area (Å²) in [6, 6.07) is 0. The first-order chi connectivity index (χ1) is 6.29. The summed E-state index contributed by atoms with van der Waals surface area (Å²) in [7, 11) is 0. The number of rotatable bonds is 2. The summed E-state index contributed by atoms with van der Waals surface area (Å²) in [6.45, 7) is -2.69. The maximum absolute atomic E-state index is 12.3. The van der Waals surface area contributed by atoms with E-state index in [2.05, 4.69) is 20.5 Å². The van der Waals surface area contributed by atoms with E-state index < -0.39 is 6.55 Å². The number of aromatic amines is 1. The minimum absolute atomic E-state index is 0.240. The second-order valence-corrected chi connectivity index (χ2v) is 2.33. The number of nitrogens with one attached hydrogen (secondary N) is 1. The Bertz CT molecular complexity index is 379. The van der Waals surface area contributed by atoms with Gasteiger partial charge in [0.25, 0.3) is 0 Å². The van der Waals surface area contributed by atoms with Gasteiger partial charge in [-0.3, -0.25) is 5.10 Å². The van der Waals surface area contributed by atoms with Crippen LogP contribution in [0.1, 0.15) is 6.55 Å². The van der Waals surface area contributed by atoms with Crippen LogP contribution in [0.25, 0.3) is 11.3 Å². The third-order valence-electron chi connectivity index (χ3n) is 1.55. The van der Waals surface area contributed by atoms with Crippen molar-refractivity contribution in [1.29, 1.82) is 0 Å². The van der Waals surface area contributed by atoms with Crippen LogP contribution in [0, 0.1) is 0 Å². The molecule has 0 atom stereocenters. The third kappa shape index (κ3) is 1.28. The fourth-order valence-electron chi connectivity index (χ4n) is 0.985. The van der Waals surface area contributed by atoms with Crippen LogP contribution in [0.4, 0.5) is 8.78 Å². The van der Waals surface area contributed by atoms with Gasteiger partial charge in [-0.15, -0.1) is 5.10 Å². The smallest absolute Gasteiger partial charge is 0.285 e. The molecule has 0 aromatic carbocycles. The Morgan fingerprint density at radius 2 is 2.23 bits per heavy atom. The lowest BCUT2D eigenvalue weighted by Crippen LogP contribution is -2.02. The molecule has 2 aromatic rings. The van der Waals surface area contributed by atoms with E-state index in [0.717, 1.165) is 0 Å². The SMILES string of the molecule is FC(F)n1nncc1-c1cn[nH]c1. The average Bonchev–Trinajstić information content (AvgIpc) is 2.74. The van der Waals surface area contributed by atoms with Gasteiger partial charge in [0.2, 0.25) is 0 Å². The molecule has 0 aliphatic heterocycles. The Morgan fingerprint density at radius 3 is 2.85 bits per heavy atom. The van der Waals surface area contributed by atoms with Crippen molar-refractivity contribution in [2.75, 3.05) is 0 Å². The highest BCUT2D eigenvalue weighted by Crippen LogP contribution is 2.20. The Hall–Kier alpha value is -1.79. The normalized spacial score (nSPS) is 11.0. The lowest BCUT2D eigenvalue weighted by atomic mass is 10.3. The van der Waals surface area contributed by atoms with Crippen molar-refractivity contribution in [2.45, 2.75) is 6.55 Å². The fraction of sp³-hybridized carbons (Fsp3) is 0.167. The van der Waals surface area contributed by atoms with E-state index >= 15 is 0 Å². The van der Waals surface area contributed by atoms with Crippen molar-refractivity contribution in [1.82, 2.24) is 25.2 Å². The summed E-state index contributed by atoms with van der Waals surface area (Å²) in [5, 5.41) is 12.8. The van der Waals surface area contributed by atoms with E-state index in [1.807, 2.05) is 0 Å². The monoisotopic (exact) mass is 185 g/mol. The van der Waals surface area contributed by atoms with Gasteiger partial charge in [-0.05, 0) is 0 Å². The highest BCUT2D eigenvalue weighted by Gasteiger charge is 2.14. The quantitative estimate of drug-likeness (QED) is 0.761. The number of halogens is 2. The molecule has 0 aliphatic rings. The molecule has 2 heterocycles. The van der Waals surface area contributed by atoms with Gasteiger partial charge >= 0.3 is 6.55 Å². The standard InChI is InChI=1S/C6H5F2N5/c7-6(8)13-5(3-11-12-13)4-1-9-10-2-4/h1-3,6H,(H,9,10). The number of aromatic nitrogens is 5. The van der Waals surface area contributed by atoms with E-state index in [0.29, 0.717) is 10.2 Å². The van der Waals surface area contributed by atoms with Gasteiger partial charge in [0.05, 0.1) is 18.1 Å². The largest absolute Gasteiger partial charge is 0.335 e. The second kappa shape index (κ2) is 2.92.